The lowest BCUT2D eigenvalue weighted by Crippen LogP contribution is -2.34. The number of hydrogen-bond acceptors (Lipinski definition) is 6. The Balaban J connectivity index is 0.00000180. The highest BCUT2D eigenvalue weighted by atomic mass is 35.5. The summed E-state index contributed by atoms with van der Waals surface area (Å²) < 4.78 is 14.2. The minimum absolute atomic E-state index is 0. The number of fused-ring (bicyclic) bond motifs is 1. The predicted molar refractivity (Wildman–Crippen MR) is 145 cm³/mol. The summed E-state index contributed by atoms with van der Waals surface area (Å²) in [5.74, 6) is -1.48. The summed E-state index contributed by atoms with van der Waals surface area (Å²) in [7, 11) is 2.07. The number of hydrogen-bond donors (Lipinski definition) is 2. The van der Waals surface area contributed by atoms with Crippen molar-refractivity contribution in [3.8, 4) is 16.9 Å². The molecular formula is C25H25Cl3FN5O2. The first-order chi connectivity index (χ1) is 16.3. The second kappa shape index (κ2) is 11.0. The fourth-order valence-corrected chi connectivity index (χ4v) is 4.84. The van der Waals surface area contributed by atoms with Gasteiger partial charge < -0.3 is 14.9 Å². The van der Waals surface area contributed by atoms with E-state index in [1.165, 1.54) is 19.1 Å². The molecule has 0 bridgehead atoms. The molecule has 190 valence electrons. The number of nitrogens with one attached hydrogen (secondary N) is 1. The van der Waals surface area contributed by atoms with Crippen LogP contribution < -0.4 is 4.90 Å². The monoisotopic (exact) mass is 551 g/mol. The van der Waals surface area contributed by atoms with E-state index in [1.54, 1.807) is 12.4 Å². The van der Waals surface area contributed by atoms with Gasteiger partial charge in [-0.05, 0) is 62.3 Å². The SMILES string of the molecule is CC(=O)c1cnc2ccc(-c3cc(F)c(O)c(Cl)c3)cc2c1N(c1cn[nH]c1)C1CCN(C)C1.Cl.Cl. The van der Waals surface area contributed by atoms with Crippen LogP contribution in [0.4, 0.5) is 15.8 Å². The number of phenols is 1. The number of likely N-dealkylation sites (tertiary alicyclic amines) is 1. The zero-order valence-electron chi connectivity index (χ0n) is 19.5. The van der Waals surface area contributed by atoms with Gasteiger partial charge >= 0.3 is 0 Å². The fourth-order valence-electron chi connectivity index (χ4n) is 4.63. The highest BCUT2D eigenvalue weighted by Gasteiger charge is 2.31. The molecule has 2 aromatic heterocycles. The summed E-state index contributed by atoms with van der Waals surface area (Å²) in [5.41, 5.74) is 3.99. The molecule has 0 saturated carbocycles. The Morgan fingerprint density at radius 1 is 1.22 bits per heavy atom. The number of carbonyl (C=O) groups is 1. The lowest BCUT2D eigenvalue weighted by Gasteiger charge is -2.32. The summed E-state index contributed by atoms with van der Waals surface area (Å²) in [6.45, 7) is 3.29. The number of aromatic amines is 1. The molecule has 1 fully saturated rings. The van der Waals surface area contributed by atoms with Crippen LogP contribution >= 0.6 is 36.4 Å². The summed E-state index contributed by atoms with van der Waals surface area (Å²) >= 11 is 6.03. The highest BCUT2D eigenvalue weighted by molar-refractivity contribution is 6.32. The number of anilines is 2. The van der Waals surface area contributed by atoms with E-state index in [0.29, 0.717) is 22.2 Å². The molecule has 1 unspecified atom stereocenters. The molecule has 5 rings (SSSR count). The van der Waals surface area contributed by atoms with E-state index in [2.05, 4.69) is 32.0 Å². The molecule has 36 heavy (non-hydrogen) atoms. The first-order valence-electron chi connectivity index (χ1n) is 10.9. The Kier molecular flexibility index (Phi) is 8.46. The van der Waals surface area contributed by atoms with Crippen molar-refractivity contribution in [3.05, 3.63) is 65.3 Å². The van der Waals surface area contributed by atoms with Crippen molar-refractivity contribution in [1.29, 1.82) is 0 Å². The van der Waals surface area contributed by atoms with E-state index < -0.39 is 11.6 Å². The zero-order chi connectivity index (χ0) is 24.0. The minimum atomic E-state index is -0.799. The fraction of sp³-hybridized carbons (Fsp3) is 0.240. The topological polar surface area (TPSA) is 85.3 Å². The number of carbonyl (C=O) groups excluding carboxylic acids is 1. The highest BCUT2D eigenvalue weighted by Crippen LogP contribution is 2.40. The molecular weight excluding hydrogens is 528 g/mol. The summed E-state index contributed by atoms with van der Waals surface area (Å²) in [5, 5.41) is 17.4. The van der Waals surface area contributed by atoms with Crippen LogP contribution in [0, 0.1) is 5.82 Å². The third-order valence-corrected chi connectivity index (χ3v) is 6.59. The van der Waals surface area contributed by atoms with Gasteiger partial charge in [-0.1, -0.05) is 17.7 Å². The number of pyridine rings is 1. The number of H-pyrrole nitrogens is 1. The zero-order valence-corrected chi connectivity index (χ0v) is 21.9. The van der Waals surface area contributed by atoms with Crippen LogP contribution in [0.1, 0.15) is 23.7 Å². The number of halogens is 4. The maximum absolute atomic E-state index is 14.2. The van der Waals surface area contributed by atoms with Crippen molar-refractivity contribution in [2.24, 2.45) is 0 Å². The molecule has 7 nitrogen and oxygen atoms in total. The molecule has 1 aliphatic heterocycles. The van der Waals surface area contributed by atoms with Gasteiger partial charge in [0.05, 0.1) is 33.7 Å². The number of Topliss-reactive ketones (excluding diaryl/α,β-unsaturated/α-hetero) is 1. The number of rotatable bonds is 5. The van der Waals surface area contributed by atoms with Crippen molar-refractivity contribution in [2.45, 2.75) is 19.4 Å². The average Bonchev–Trinajstić information content (AvgIpc) is 3.49. The van der Waals surface area contributed by atoms with Gasteiger partial charge in [0.25, 0.3) is 0 Å². The molecule has 3 heterocycles. The summed E-state index contributed by atoms with van der Waals surface area (Å²) in [6.07, 6.45) is 6.09. The Bertz CT molecular complexity index is 1380. The van der Waals surface area contributed by atoms with E-state index in [-0.39, 0.29) is 41.7 Å². The van der Waals surface area contributed by atoms with Gasteiger partial charge in [0.2, 0.25) is 0 Å². The van der Waals surface area contributed by atoms with Gasteiger partial charge in [0, 0.05) is 30.4 Å². The number of aromatic hydroxyl groups is 1. The molecule has 0 radical (unpaired) electrons. The Labute approximate surface area is 225 Å². The van der Waals surface area contributed by atoms with E-state index in [9.17, 15) is 14.3 Å². The quantitative estimate of drug-likeness (QED) is 0.295. The van der Waals surface area contributed by atoms with Crippen molar-refractivity contribution >= 4 is 64.5 Å². The largest absolute Gasteiger partial charge is 0.504 e. The minimum Gasteiger partial charge on any atom is -0.504 e. The molecule has 1 atom stereocenters. The second-order valence-corrected chi connectivity index (χ2v) is 9.04. The molecule has 4 aromatic rings. The van der Waals surface area contributed by atoms with Crippen LogP contribution in [0.25, 0.3) is 22.0 Å². The smallest absolute Gasteiger partial charge is 0.170 e. The molecule has 2 N–H and O–H groups in total. The number of likely N-dealkylation sites (N-methyl/N-ethyl adjacent to an activating group) is 1. The maximum atomic E-state index is 14.2. The third-order valence-electron chi connectivity index (χ3n) is 6.30. The van der Waals surface area contributed by atoms with Crippen LogP contribution in [0.5, 0.6) is 5.75 Å². The Morgan fingerprint density at radius 2 is 2.00 bits per heavy atom. The van der Waals surface area contributed by atoms with Gasteiger partial charge in [-0.2, -0.15) is 5.10 Å². The number of nitrogens with zero attached hydrogens (tertiary/aromatic N) is 4. The number of ketones is 1. The van der Waals surface area contributed by atoms with Crippen LogP contribution in [-0.2, 0) is 0 Å². The second-order valence-electron chi connectivity index (χ2n) is 8.63. The van der Waals surface area contributed by atoms with Crippen molar-refractivity contribution in [3.63, 3.8) is 0 Å². The molecule has 0 spiro atoms. The lowest BCUT2D eigenvalue weighted by atomic mass is 9.98. The normalized spacial score (nSPS) is 15.4. The molecule has 1 saturated heterocycles. The Hall–Kier alpha value is -2.91. The van der Waals surface area contributed by atoms with Gasteiger partial charge in [-0.3, -0.25) is 14.9 Å². The van der Waals surface area contributed by atoms with Crippen LogP contribution in [-0.4, -0.2) is 57.2 Å². The van der Waals surface area contributed by atoms with E-state index in [1.807, 2.05) is 24.4 Å². The summed E-state index contributed by atoms with van der Waals surface area (Å²) in [4.78, 5) is 21.7. The first-order valence-corrected chi connectivity index (χ1v) is 11.3. The summed E-state index contributed by atoms with van der Waals surface area (Å²) in [6, 6.07) is 8.42. The van der Waals surface area contributed by atoms with E-state index in [4.69, 9.17) is 11.6 Å². The van der Waals surface area contributed by atoms with Gasteiger partial charge in [0.15, 0.2) is 17.3 Å². The third kappa shape index (κ3) is 4.99. The van der Waals surface area contributed by atoms with Gasteiger partial charge in [0.1, 0.15) is 0 Å². The standard InChI is InChI=1S/C25H23ClFN5O2.2ClH/c1-14(33)20-12-28-23-4-3-15(16-8-21(26)25(34)22(27)9-16)7-19(23)24(20)32(18-10-29-30-11-18)17-5-6-31(2)13-17;;/h3-4,7-12,17,34H,5-6,13H2,1-2H3,(H,29,30);2*1H. The van der Waals surface area contributed by atoms with Crippen LogP contribution in [0.2, 0.25) is 5.02 Å². The van der Waals surface area contributed by atoms with Crippen LogP contribution in [0.15, 0.2) is 48.9 Å². The molecule has 1 aliphatic rings. The van der Waals surface area contributed by atoms with Crippen molar-refractivity contribution in [2.75, 3.05) is 25.0 Å². The lowest BCUT2D eigenvalue weighted by molar-refractivity contribution is 0.101. The van der Waals surface area contributed by atoms with E-state index >= 15 is 0 Å². The number of phenolic OH excluding ortho intramolecular Hbond substituents is 1. The van der Waals surface area contributed by atoms with E-state index in [0.717, 1.165) is 36.3 Å². The number of aromatic nitrogens is 3. The van der Waals surface area contributed by atoms with Crippen molar-refractivity contribution in [1.82, 2.24) is 20.1 Å². The first kappa shape index (κ1) is 27.7. The molecule has 0 aliphatic carbocycles. The molecule has 11 heteroatoms. The predicted octanol–water partition coefficient (Wildman–Crippen LogP) is 6.01. The maximum Gasteiger partial charge on any atom is 0.170 e. The Morgan fingerprint density at radius 3 is 2.61 bits per heavy atom. The average molecular weight is 553 g/mol. The van der Waals surface area contributed by atoms with Crippen molar-refractivity contribution < 1.29 is 14.3 Å². The number of benzene rings is 2. The van der Waals surface area contributed by atoms with Gasteiger partial charge in [-0.25, -0.2) is 4.39 Å². The molecule has 0 amide bonds. The molecule has 2 aromatic carbocycles. The van der Waals surface area contributed by atoms with Crippen LogP contribution in [0.3, 0.4) is 0 Å². The van der Waals surface area contributed by atoms with Gasteiger partial charge in [-0.15, -0.1) is 24.8 Å².